The van der Waals surface area contributed by atoms with Crippen LogP contribution in [0.2, 0.25) is 0 Å². The monoisotopic (exact) mass is 240 g/mol. The van der Waals surface area contributed by atoms with Crippen LogP contribution in [-0.4, -0.2) is 33.1 Å². The van der Waals surface area contributed by atoms with Crippen molar-refractivity contribution in [3.63, 3.8) is 0 Å². The summed E-state index contributed by atoms with van der Waals surface area (Å²) in [5.41, 5.74) is 0.0794. The number of aryl methyl sites for hydroxylation is 1. The highest BCUT2D eigenvalue weighted by Crippen LogP contribution is 2.14. The van der Waals surface area contributed by atoms with Gasteiger partial charge >= 0.3 is 6.03 Å². The lowest BCUT2D eigenvalue weighted by Gasteiger charge is -2.30. The van der Waals surface area contributed by atoms with Crippen molar-refractivity contribution in [3.05, 3.63) is 12.4 Å². The van der Waals surface area contributed by atoms with Crippen molar-refractivity contribution < 1.29 is 9.90 Å². The maximum atomic E-state index is 11.7. The van der Waals surface area contributed by atoms with Gasteiger partial charge in [0, 0.05) is 13.2 Å². The number of hydrogen-bond donors (Lipinski definition) is 3. The van der Waals surface area contributed by atoms with Crippen molar-refractivity contribution in [1.29, 1.82) is 0 Å². The van der Waals surface area contributed by atoms with Crippen LogP contribution in [0.5, 0.6) is 0 Å². The van der Waals surface area contributed by atoms with E-state index in [2.05, 4.69) is 15.7 Å². The van der Waals surface area contributed by atoms with Crippen LogP contribution in [0, 0.1) is 0 Å². The molecule has 0 saturated heterocycles. The Labute approximate surface area is 101 Å². The van der Waals surface area contributed by atoms with E-state index in [0.717, 1.165) is 0 Å². The Balaban J connectivity index is 2.59. The number of urea groups is 1. The first-order chi connectivity index (χ1) is 8.05. The number of nitrogens with zero attached hydrogens (tertiary/aromatic N) is 2. The van der Waals surface area contributed by atoms with Crippen molar-refractivity contribution in [3.8, 4) is 0 Å². The molecule has 0 unspecified atom stereocenters. The summed E-state index contributed by atoms with van der Waals surface area (Å²) in [7, 11) is 1.78. The number of aromatic nitrogens is 2. The minimum Gasteiger partial charge on any atom is -0.394 e. The average molecular weight is 240 g/mol. The van der Waals surface area contributed by atoms with Crippen LogP contribution in [0.1, 0.15) is 26.7 Å². The Hall–Kier alpha value is -1.56. The van der Waals surface area contributed by atoms with E-state index in [0.29, 0.717) is 18.5 Å². The molecule has 17 heavy (non-hydrogen) atoms. The van der Waals surface area contributed by atoms with Crippen LogP contribution in [0.3, 0.4) is 0 Å². The largest absolute Gasteiger partial charge is 0.394 e. The summed E-state index contributed by atoms with van der Waals surface area (Å²) in [6, 6.07) is -0.323. The summed E-state index contributed by atoms with van der Waals surface area (Å²) in [5.74, 6) is 0. The Morgan fingerprint density at radius 3 is 2.59 bits per heavy atom. The number of aliphatic hydroxyl groups is 1. The van der Waals surface area contributed by atoms with Gasteiger partial charge in [-0.3, -0.25) is 4.68 Å². The van der Waals surface area contributed by atoms with Crippen LogP contribution in [0.4, 0.5) is 10.5 Å². The van der Waals surface area contributed by atoms with E-state index in [9.17, 15) is 9.90 Å². The molecule has 0 fully saturated rings. The van der Waals surface area contributed by atoms with E-state index in [4.69, 9.17) is 0 Å². The van der Waals surface area contributed by atoms with Gasteiger partial charge in [0.15, 0.2) is 0 Å². The van der Waals surface area contributed by atoms with Crippen LogP contribution in [0.15, 0.2) is 12.4 Å². The summed E-state index contributed by atoms with van der Waals surface area (Å²) in [6.07, 6.45) is 4.64. The first-order valence-corrected chi connectivity index (χ1v) is 5.74. The lowest BCUT2D eigenvalue weighted by atomic mass is 9.94. The maximum absolute atomic E-state index is 11.7. The third-order valence-electron chi connectivity index (χ3n) is 3.00. The zero-order valence-electron chi connectivity index (χ0n) is 10.5. The third-order valence-corrected chi connectivity index (χ3v) is 3.00. The molecule has 0 spiro atoms. The second kappa shape index (κ2) is 5.67. The van der Waals surface area contributed by atoms with E-state index in [-0.39, 0.29) is 12.6 Å². The van der Waals surface area contributed by atoms with Gasteiger partial charge < -0.3 is 15.7 Å². The van der Waals surface area contributed by atoms with Crippen molar-refractivity contribution >= 4 is 11.7 Å². The van der Waals surface area contributed by atoms with Gasteiger partial charge in [0.2, 0.25) is 0 Å². The van der Waals surface area contributed by atoms with Crippen LogP contribution < -0.4 is 10.6 Å². The van der Waals surface area contributed by atoms with Gasteiger partial charge in [-0.15, -0.1) is 0 Å². The number of rotatable bonds is 5. The second-order valence-corrected chi connectivity index (χ2v) is 4.13. The fourth-order valence-electron chi connectivity index (χ4n) is 1.58. The molecule has 6 heteroatoms. The molecule has 0 atom stereocenters. The summed E-state index contributed by atoms with van der Waals surface area (Å²) >= 11 is 0. The smallest absolute Gasteiger partial charge is 0.319 e. The number of nitrogens with one attached hydrogen (secondary N) is 2. The van der Waals surface area contributed by atoms with Crippen molar-refractivity contribution in [2.75, 3.05) is 11.9 Å². The number of hydrogen-bond acceptors (Lipinski definition) is 3. The predicted octanol–water partition coefficient (Wildman–Crippen LogP) is 1.09. The van der Waals surface area contributed by atoms with Crippen molar-refractivity contribution in [2.24, 2.45) is 7.05 Å². The fourth-order valence-corrected chi connectivity index (χ4v) is 1.58. The third kappa shape index (κ3) is 3.45. The molecule has 0 aliphatic heterocycles. The first kappa shape index (κ1) is 13.5. The molecule has 1 aromatic rings. The van der Waals surface area contributed by atoms with Crippen LogP contribution in [-0.2, 0) is 7.05 Å². The predicted molar refractivity (Wildman–Crippen MR) is 65.8 cm³/mol. The average Bonchev–Trinajstić information content (AvgIpc) is 2.72. The van der Waals surface area contributed by atoms with Gasteiger partial charge in [-0.1, -0.05) is 13.8 Å². The lowest BCUT2D eigenvalue weighted by Crippen LogP contribution is -2.51. The van der Waals surface area contributed by atoms with E-state index >= 15 is 0 Å². The quantitative estimate of drug-likeness (QED) is 0.721. The minimum absolute atomic E-state index is 0.0690. The van der Waals surface area contributed by atoms with Crippen LogP contribution >= 0.6 is 0 Å². The summed E-state index contributed by atoms with van der Waals surface area (Å²) in [6.45, 7) is 3.80. The second-order valence-electron chi connectivity index (χ2n) is 4.13. The maximum Gasteiger partial charge on any atom is 0.319 e. The molecular weight excluding hydrogens is 220 g/mol. The summed E-state index contributed by atoms with van der Waals surface area (Å²) in [5, 5.41) is 18.8. The van der Waals surface area contributed by atoms with Crippen molar-refractivity contribution in [2.45, 2.75) is 32.2 Å². The fraction of sp³-hybridized carbons (Fsp3) is 0.636. The minimum atomic E-state index is -0.549. The summed E-state index contributed by atoms with van der Waals surface area (Å²) in [4.78, 5) is 11.7. The molecule has 96 valence electrons. The molecule has 1 rings (SSSR count). The van der Waals surface area contributed by atoms with Gasteiger partial charge in [-0.2, -0.15) is 5.10 Å². The van der Waals surface area contributed by atoms with E-state index in [1.54, 1.807) is 24.1 Å². The molecule has 0 aliphatic rings. The standard InChI is InChI=1S/C11H20N4O2/c1-4-11(5-2,8-16)14-10(17)13-9-6-12-15(3)7-9/h6-7,16H,4-5,8H2,1-3H3,(H2,13,14,17). The van der Waals surface area contributed by atoms with Gasteiger partial charge in [-0.25, -0.2) is 4.79 Å². The Morgan fingerprint density at radius 2 is 2.18 bits per heavy atom. The molecular formula is C11H20N4O2. The first-order valence-electron chi connectivity index (χ1n) is 5.74. The summed E-state index contributed by atoms with van der Waals surface area (Å²) < 4.78 is 1.61. The highest BCUT2D eigenvalue weighted by atomic mass is 16.3. The highest BCUT2D eigenvalue weighted by molar-refractivity contribution is 5.89. The molecule has 1 aromatic heterocycles. The van der Waals surface area contributed by atoms with Gasteiger partial charge in [0.1, 0.15) is 0 Å². The van der Waals surface area contributed by atoms with Crippen molar-refractivity contribution in [1.82, 2.24) is 15.1 Å². The zero-order valence-corrected chi connectivity index (χ0v) is 10.5. The molecule has 2 amide bonds. The van der Waals surface area contributed by atoms with E-state index in [1.165, 1.54) is 0 Å². The highest BCUT2D eigenvalue weighted by Gasteiger charge is 2.27. The molecule has 1 heterocycles. The van der Waals surface area contributed by atoms with Crippen LogP contribution in [0.25, 0.3) is 0 Å². The molecule has 0 aromatic carbocycles. The lowest BCUT2D eigenvalue weighted by molar-refractivity contribution is 0.155. The molecule has 0 bridgehead atoms. The van der Waals surface area contributed by atoms with Gasteiger partial charge in [0.25, 0.3) is 0 Å². The molecule has 0 aliphatic carbocycles. The van der Waals surface area contributed by atoms with E-state index < -0.39 is 5.54 Å². The molecule has 6 nitrogen and oxygen atoms in total. The number of aliphatic hydroxyl groups excluding tert-OH is 1. The Kier molecular flexibility index (Phi) is 4.51. The number of carbonyl (C=O) groups excluding carboxylic acids is 1. The molecule has 0 saturated carbocycles. The number of anilines is 1. The number of amides is 2. The Bertz CT molecular complexity index is 363. The zero-order chi connectivity index (χ0) is 12.9. The van der Waals surface area contributed by atoms with Gasteiger partial charge in [-0.05, 0) is 12.8 Å². The molecule has 3 N–H and O–H groups in total. The molecule has 0 radical (unpaired) electrons. The van der Waals surface area contributed by atoms with Gasteiger partial charge in [0.05, 0.1) is 24.0 Å². The Morgan fingerprint density at radius 1 is 1.53 bits per heavy atom. The van der Waals surface area contributed by atoms with E-state index in [1.807, 2.05) is 13.8 Å². The SMILES string of the molecule is CCC(CC)(CO)NC(=O)Nc1cnn(C)c1. The number of carbonyl (C=O) groups is 1. The normalized spacial score (nSPS) is 11.3. The topological polar surface area (TPSA) is 79.2 Å².